The average molecular weight is 219 g/mol. The highest BCUT2D eigenvalue weighted by atomic mass is 35.5. The molecular weight excluding hydrogens is 211 g/mol. The van der Waals surface area contributed by atoms with Gasteiger partial charge in [0, 0.05) is 4.90 Å². The predicted octanol–water partition coefficient (Wildman–Crippen LogP) is 3.16. The molecule has 70 valence electrons. The van der Waals surface area contributed by atoms with E-state index in [4.69, 9.17) is 11.6 Å². The van der Waals surface area contributed by atoms with Crippen molar-refractivity contribution >= 4 is 29.1 Å². The number of hydrogen-bond donors (Lipinski definition) is 0. The van der Waals surface area contributed by atoms with Crippen molar-refractivity contribution in [1.82, 2.24) is 0 Å². The Bertz CT molecular complexity index is 327. The van der Waals surface area contributed by atoms with Gasteiger partial charge >= 0.3 is 0 Å². The van der Waals surface area contributed by atoms with E-state index < -0.39 is 5.82 Å². The molecular formula is C9H8ClFOS. The molecule has 0 aliphatic heterocycles. The summed E-state index contributed by atoms with van der Waals surface area (Å²) in [5.74, 6) is 0.0430. The van der Waals surface area contributed by atoms with E-state index in [1.54, 1.807) is 6.07 Å². The van der Waals surface area contributed by atoms with Crippen molar-refractivity contribution in [2.24, 2.45) is 0 Å². The fourth-order valence-electron chi connectivity index (χ4n) is 0.752. The van der Waals surface area contributed by atoms with Gasteiger partial charge in [0.1, 0.15) is 11.6 Å². The summed E-state index contributed by atoms with van der Waals surface area (Å²) in [5.41, 5.74) is 0. The topological polar surface area (TPSA) is 17.1 Å². The Kier molecular flexibility index (Phi) is 3.75. The molecule has 0 bridgehead atoms. The molecule has 0 aliphatic rings. The van der Waals surface area contributed by atoms with Gasteiger partial charge in [-0.3, -0.25) is 4.79 Å². The van der Waals surface area contributed by atoms with E-state index in [1.165, 1.54) is 30.8 Å². The SMILES string of the molecule is CC(=O)CSc1ccc(F)c(Cl)c1. The minimum absolute atomic E-state index is 0.0884. The van der Waals surface area contributed by atoms with Gasteiger partial charge in [0.2, 0.25) is 0 Å². The normalized spacial score (nSPS) is 10.1. The van der Waals surface area contributed by atoms with Gasteiger partial charge in [-0.2, -0.15) is 0 Å². The van der Waals surface area contributed by atoms with Gasteiger partial charge in [-0.25, -0.2) is 4.39 Å². The molecule has 0 atom stereocenters. The minimum Gasteiger partial charge on any atom is -0.299 e. The van der Waals surface area contributed by atoms with Crippen molar-refractivity contribution in [3.8, 4) is 0 Å². The van der Waals surface area contributed by atoms with Crippen LogP contribution in [0, 0.1) is 5.82 Å². The molecule has 0 saturated heterocycles. The first kappa shape index (κ1) is 10.5. The van der Waals surface area contributed by atoms with Gasteiger partial charge in [0.15, 0.2) is 0 Å². The highest BCUT2D eigenvalue weighted by Crippen LogP contribution is 2.23. The number of ketones is 1. The fourth-order valence-corrected chi connectivity index (χ4v) is 1.73. The number of benzene rings is 1. The van der Waals surface area contributed by atoms with Crippen LogP contribution in [-0.2, 0) is 4.79 Å². The Morgan fingerprint density at radius 3 is 2.85 bits per heavy atom. The van der Waals surface area contributed by atoms with Gasteiger partial charge in [0.25, 0.3) is 0 Å². The standard InChI is InChI=1S/C9H8ClFOS/c1-6(12)5-13-7-2-3-9(11)8(10)4-7/h2-4H,5H2,1H3. The molecule has 0 fully saturated rings. The third kappa shape index (κ3) is 3.36. The molecule has 13 heavy (non-hydrogen) atoms. The van der Waals surface area contributed by atoms with Gasteiger partial charge < -0.3 is 0 Å². The molecule has 0 heterocycles. The van der Waals surface area contributed by atoms with Crippen molar-refractivity contribution in [3.05, 3.63) is 29.0 Å². The van der Waals surface area contributed by atoms with Crippen LogP contribution in [0.3, 0.4) is 0 Å². The third-order valence-electron chi connectivity index (χ3n) is 1.33. The lowest BCUT2D eigenvalue weighted by Crippen LogP contribution is -1.92. The van der Waals surface area contributed by atoms with Crippen molar-refractivity contribution in [1.29, 1.82) is 0 Å². The van der Waals surface area contributed by atoms with Crippen LogP contribution in [0.2, 0.25) is 5.02 Å². The van der Waals surface area contributed by atoms with E-state index in [9.17, 15) is 9.18 Å². The number of thioether (sulfide) groups is 1. The Hall–Kier alpha value is -0.540. The Morgan fingerprint density at radius 2 is 2.31 bits per heavy atom. The van der Waals surface area contributed by atoms with Crippen LogP contribution in [-0.4, -0.2) is 11.5 Å². The Morgan fingerprint density at radius 1 is 1.62 bits per heavy atom. The molecule has 1 aromatic rings. The molecule has 0 radical (unpaired) electrons. The lowest BCUT2D eigenvalue weighted by atomic mass is 10.3. The van der Waals surface area contributed by atoms with E-state index >= 15 is 0 Å². The lowest BCUT2D eigenvalue weighted by Gasteiger charge is -1.99. The number of carbonyl (C=O) groups is 1. The van der Waals surface area contributed by atoms with E-state index in [0.717, 1.165) is 4.90 Å². The van der Waals surface area contributed by atoms with Gasteiger partial charge in [-0.05, 0) is 25.1 Å². The first-order chi connectivity index (χ1) is 6.09. The summed E-state index contributed by atoms with van der Waals surface area (Å²) in [6.07, 6.45) is 0. The largest absolute Gasteiger partial charge is 0.299 e. The maximum Gasteiger partial charge on any atom is 0.141 e. The molecule has 4 heteroatoms. The van der Waals surface area contributed by atoms with E-state index in [2.05, 4.69) is 0 Å². The molecule has 0 aliphatic carbocycles. The molecule has 0 unspecified atom stereocenters. The van der Waals surface area contributed by atoms with E-state index in [1.807, 2.05) is 0 Å². The molecule has 1 nitrogen and oxygen atoms in total. The van der Waals surface area contributed by atoms with Crippen LogP contribution in [0.1, 0.15) is 6.92 Å². The lowest BCUT2D eigenvalue weighted by molar-refractivity contribution is -0.114. The fraction of sp³-hybridized carbons (Fsp3) is 0.222. The highest BCUT2D eigenvalue weighted by molar-refractivity contribution is 8.00. The van der Waals surface area contributed by atoms with Crippen molar-refractivity contribution in [2.75, 3.05) is 5.75 Å². The molecule has 1 rings (SSSR count). The summed E-state index contributed by atoms with van der Waals surface area (Å²) >= 11 is 6.91. The third-order valence-corrected chi connectivity index (χ3v) is 2.76. The summed E-state index contributed by atoms with van der Waals surface area (Å²) in [6.45, 7) is 1.51. The summed E-state index contributed by atoms with van der Waals surface area (Å²) in [6, 6.07) is 4.42. The van der Waals surface area contributed by atoms with Crippen molar-refractivity contribution < 1.29 is 9.18 Å². The van der Waals surface area contributed by atoms with E-state index in [0.29, 0.717) is 5.75 Å². The maximum absolute atomic E-state index is 12.7. The number of Topliss-reactive ketones (excluding diaryl/α,β-unsaturated/α-hetero) is 1. The Balaban J connectivity index is 2.68. The second kappa shape index (κ2) is 4.63. The summed E-state index contributed by atoms with van der Waals surface area (Å²) in [7, 11) is 0. The zero-order chi connectivity index (χ0) is 9.84. The smallest absolute Gasteiger partial charge is 0.141 e. The summed E-state index contributed by atoms with van der Waals surface area (Å²) < 4.78 is 12.7. The summed E-state index contributed by atoms with van der Waals surface area (Å²) in [5, 5.41) is 0.0913. The first-order valence-electron chi connectivity index (χ1n) is 3.67. The molecule has 0 N–H and O–H groups in total. The number of halogens is 2. The van der Waals surface area contributed by atoms with Crippen LogP contribution >= 0.6 is 23.4 Å². The van der Waals surface area contributed by atoms with Crippen LogP contribution < -0.4 is 0 Å². The van der Waals surface area contributed by atoms with Crippen molar-refractivity contribution in [3.63, 3.8) is 0 Å². The second-order valence-corrected chi connectivity index (χ2v) is 4.02. The Labute approximate surface area is 85.3 Å². The molecule has 0 amide bonds. The average Bonchev–Trinajstić information content (AvgIpc) is 2.07. The van der Waals surface area contributed by atoms with Crippen molar-refractivity contribution in [2.45, 2.75) is 11.8 Å². The van der Waals surface area contributed by atoms with Gasteiger partial charge in [-0.15, -0.1) is 11.8 Å². The highest BCUT2D eigenvalue weighted by Gasteiger charge is 2.02. The number of rotatable bonds is 3. The van der Waals surface area contributed by atoms with Crippen LogP contribution in [0.25, 0.3) is 0 Å². The van der Waals surface area contributed by atoms with Gasteiger partial charge in [-0.1, -0.05) is 11.6 Å². The molecule has 1 aromatic carbocycles. The number of carbonyl (C=O) groups excluding carboxylic acids is 1. The second-order valence-electron chi connectivity index (χ2n) is 2.57. The van der Waals surface area contributed by atoms with Gasteiger partial charge in [0.05, 0.1) is 10.8 Å². The van der Waals surface area contributed by atoms with Crippen LogP contribution in [0.15, 0.2) is 23.1 Å². The maximum atomic E-state index is 12.7. The number of hydrogen-bond acceptors (Lipinski definition) is 2. The molecule has 0 saturated carbocycles. The van der Waals surface area contributed by atoms with Crippen LogP contribution in [0.5, 0.6) is 0 Å². The quantitative estimate of drug-likeness (QED) is 0.725. The first-order valence-corrected chi connectivity index (χ1v) is 5.03. The molecule has 0 aromatic heterocycles. The molecule has 0 spiro atoms. The van der Waals surface area contributed by atoms with Crippen LogP contribution in [0.4, 0.5) is 4.39 Å². The zero-order valence-electron chi connectivity index (χ0n) is 7.01. The van der Waals surface area contributed by atoms with E-state index in [-0.39, 0.29) is 10.8 Å². The summed E-state index contributed by atoms with van der Waals surface area (Å²) in [4.78, 5) is 11.4. The monoisotopic (exact) mass is 218 g/mol. The minimum atomic E-state index is -0.436. The zero-order valence-corrected chi connectivity index (χ0v) is 8.58. The predicted molar refractivity (Wildman–Crippen MR) is 52.8 cm³/mol.